The Morgan fingerprint density at radius 1 is 1.13 bits per heavy atom. The highest BCUT2D eigenvalue weighted by atomic mass is 16.5. The number of carbonyl (C=O) groups is 4. The molecule has 3 N–H and O–H groups in total. The number of nitrogens with zero attached hydrogens (tertiary/aromatic N) is 1. The number of ether oxygens (including phenoxy) is 1. The molecule has 9 nitrogen and oxygen atoms in total. The molecule has 9 heteroatoms. The van der Waals surface area contributed by atoms with Gasteiger partial charge in [0.25, 0.3) is 5.91 Å². The molecule has 3 rings (SSSR count). The van der Waals surface area contributed by atoms with Gasteiger partial charge < -0.3 is 20.5 Å². The van der Waals surface area contributed by atoms with Gasteiger partial charge in [0.05, 0.1) is 0 Å². The van der Waals surface area contributed by atoms with E-state index < -0.39 is 37.0 Å². The Morgan fingerprint density at radius 2 is 1.83 bits per heavy atom. The Morgan fingerprint density at radius 3 is 2.53 bits per heavy atom. The van der Waals surface area contributed by atoms with E-state index in [9.17, 15) is 19.2 Å². The molecule has 0 spiro atoms. The Labute approximate surface area is 171 Å². The number of aryl methyl sites for hydroxylation is 1. The van der Waals surface area contributed by atoms with Gasteiger partial charge in [-0.1, -0.05) is 35.9 Å². The number of nitrogens with one attached hydrogen (secondary N) is 2. The Hall–Kier alpha value is -4.14. The third-order valence-corrected chi connectivity index (χ3v) is 4.17. The maximum Gasteiger partial charge on any atom is 0.341 e. The van der Waals surface area contributed by atoms with Gasteiger partial charge in [-0.15, -0.1) is 0 Å². The standard InChI is InChI=1S/C21H19N3O6/c1-13-6-8-15(9-7-13)22-18(25)11-24-20(28)16(23-21(24)29)10-14-4-2-3-5-17(14)30-12-19(26)27/h2-10H,11-12H2,1H3,(H,22,25)(H,23,29)(H,26,27). The zero-order chi connectivity index (χ0) is 21.7. The lowest BCUT2D eigenvalue weighted by molar-refractivity contribution is -0.139. The molecule has 0 atom stereocenters. The summed E-state index contributed by atoms with van der Waals surface area (Å²) in [7, 11) is 0. The smallest absolute Gasteiger partial charge is 0.341 e. The van der Waals surface area contributed by atoms with Crippen LogP contribution in [0.1, 0.15) is 11.1 Å². The number of carbonyl (C=O) groups excluding carboxylic acids is 3. The largest absolute Gasteiger partial charge is 0.481 e. The van der Waals surface area contributed by atoms with Crippen molar-refractivity contribution in [1.29, 1.82) is 0 Å². The second kappa shape index (κ2) is 8.91. The fraction of sp³-hybridized carbons (Fsp3) is 0.143. The van der Waals surface area contributed by atoms with Crippen LogP contribution < -0.4 is 15.4 Å². The summed E-state index contributed by atoms with van der Waals surface area (Å²) in [5.74, 6) is -2.10. The zero-order valence-corrected chi connectivity index (χ0v) is 16.0. The highest BCUT2D eigenvalue weighted by molar-refractivity contribution is 6.16. The second-order valence-electron chi connectivity index (χ2n) is 6.51. The Kier molecular flexibility index (Phi) is 6.11. The van der Waals surface area contributed by atoms with Crippen molar-refractivity contribution >= 4 is 35.6 Å². The average Bonchev–Trinajstić information content (AvgIpc) is 2.96. The van der Waals surface area contributed by atoms with E-state index in [1.807, 2.05) is 19.1 Å². The van der Waals surface area contributed by atoms with Crippen LogP contribution in [0.2, 0.25) is 0 Å². The first kappa shape index (κ1) is 20.6. The van der Waals surface area contributed by atoms with Crippen LogP contribution in [0.25, 0.3) is 6.08 Å². The molecule has 1 saturated heterocycles. The van der Waals surface area contributed by atoms with E-state index in [0.29, 0.717) is 11.3 Å². The summed E-state index contributed by atoms with van der Waals surface area (Å²) in [6.07, 6.45) is 1.37. The molecule has 154 valence electrons. The van der Waals surface area contributed by atoms with Crippen molar-refractivity contribution in [2.45, 2.75) is 6.92 Å². The number of anilines is 1. The maximum atomic E-state index is 12.6. The van der Waals surface area contributed by atoms with Crippen LogP contribution in [0.15, 0.2) is 54.2 Å². The highest BCUT2D eigenvalue weighted by Gasteiger charge is 2.35. The number of imide groups is 1. The SMILES string of the molecule is Cc1ccc(NC(=O)CN2C(=O)NC(=Cc3ccccc3OCC(=O)O)C2=O)cc1. The van der Waals surface area contributed by atoms with Gasteiger partial charge in [0.1, 0.15) is 18.0 Å². The minimum absolute atomic E-state index is 0.0467. The number of para-hydroxylation sites is 1. The molecule has 2 aromatic rings. The first-order chi connectivity index (χ1) is 14.3. The van der Waals surface area contributed by atoms with Gasteiger partial charge >= 0.3 is 12.0 Å². The molecule has 0 unspecified atom stereocenters. The van der Waals surface area contributed by atoms with E-state index in [1.165, 1.54) is 6.08 Å². The number of hydrogen-bond donors (Lipinski definition) is 3. The minimum Gasteiger partial charge on any atom is -0.481 e. The number of hydrogen-bond acceptors (Lipinski definition) is 5. The van der Waals surface area contributed by atoms with Crippen LogP contribution in [-0.2, 0) is 14.4 Å². The molecule has 1 fully saturated rings. The van der Waals surface area contributed by atoms with E-state index in [4.69, 9.17) is 9.84 Å². The van der Waals surface area contributed by atoms with E-state index in [0.717, 1.165) is 10.5 Å². The van der Waals surface area contributed by atoms with Crippen molar-refractivity contribution in [2.75, 3.05) is 18.5 Å². The predicted octanol–water partition coefficient (Wildman–Crippen LogP) is 1.99. The molecule has 0 bridgehead atoms. The fourth-order valence-corrected chi connectivity index (χ4v) is 2.72. The number of urea groups is 1. The van der Waals surface area contributed by atoms with Crippen LogP contribution in [0.4, 0.5) is 10.5 Å². The van der Waals surface area contributed by atoms with Crippen LogP contribution in [0.3, 0.4) is 0 Å². The van der Waals surface area contributed by atoms with Gasteiger partial charge in [0.2, 0.25) is 5.91 Å². The summed E-state index contributed by atoms with van der Waals surface area (Å²) in [4.78, 5) is 48.5. The average molecular weight is 409 g/mol. The monoisotopic (exact) mass is 409 g/mol. The van der Waals surface area contributed by atoms with Crippen LogP contribution >= 0.6 is 0 Å². The molecule has 1 heterocycles. The molecule has 1 aliphatic heterocycles. The minimum atomic E-state index is -1.14. The van der Waals surface area contributed by atoms with Crippen LogP contribution in [-0.4, -0.2) is 47.0 Å². The predicted molar refractivity (Wildman–Crippen MR) is 108 cm³/mol. The van der Waals surface area contributed by atoms with E-state index >= 15 is 0 Å². The number of amides is 4. The van der Waals surface area contributed by atoms with E-state index in [-0.39, 0.29) is 11.4 Å². The van der Waals surface area contributed by atoms with Crippen molar-refractivity contribution in [3.8, 4) is 5.75 Å². The van der Waals surface area contributed by atoms with Gasteiger partial charge in [0, 0.05) is 11.3 Å². The van der Waals surface area contributed by atoms with E-state index in [1.54, 1.807) is 36.4 Å². The third-order valence-electron chi connectivity index (χ3n) is 4.17. The first-order valence-electron chi connectivity index (χ1n) is 8.98. The van der Waals surface area contributed by atoms with Crippen molar-refractivity contribution in [3.63, 3.8) is 0 Å². The quantitative estimate of drug-likeness (QED) is 0.474. The summed E-state index contributed by atoms with van der Waals surface area (Å²) in [5.41, 5.74) is 1.95. The van der Waals surface area contributed by atoms with Crippen molar-refractivity contribution in [3.05, 3.63) is 65.4 Å². The molecule has 1 aliphatic rings. The number of rotatable bonds is 7. The van der Waals surface area contributed by atoms with Crippen LogP contribution in [0, 0.1) is 6.92 Å². The summed E-state index contributed by atoms with van der Waals surface area (Å²) in [6.45, 7) is 0.913. The lowest BCUT2D eigenvalue weighted by Gasteiger charge is -2.12. The summed E-state index contributed by atoms with van der Waals surface area (Å²) >= 11 is 0. The van der Waals surface area contributed by atoms with Gasteiger partial charge in [0.15, 0.2) is 6.61 Å². The van der Waals surface area contributed by atoms with Crippen molar-refractivity contribution in [2.24, 2.45) is 0 Å². The Balaban J connectivity index is 1.71. The number of aliphatic carboxylic acids is 1. The molecular formula is C21H19N3O6. The molecule has 0 saturated carbocycles. The van der Waals surface area contributed by atoms with Gasteiger partial charge in [-0.25, -0.2) is 14.5 Å². The second-order valence-corrected chi connectivity index (χ2v) is 6.51. The lowest BCUT2D eigenvalue weighted by Crippen LogP contribution is -2.38. The van der Waals surface area contributed by atoms with Crippen molar-refractivity contribution in [1.82, 2.24) is 10.2 Å². The summed E-state index contributed by atoms with van der Waals surface area (Å²) in [5, 5.41) is 13.8. The Bertz CT molecular complexity index is 1030. The van der Waals surface area contributed by atoms with E-state index in [2.05, 4.69) is 10.6 Å². The first-order valence-corrected chi connectivity index (χ1v) is 8.98. The third kappa shape index (κ3) is 5.02. The van der Waals surface area contributed by atoms with Crippen LogP contribution in [0.5, 0.6) is 5.75 Å². The summed E-state index contributed by atoms with van der Waals surface area (Å²) < 4.78 is 5.19. The zero-order valence-electron chi connectivity index (χ0n) is 16.0. The van der Waals surface area contributed by atoms with Gasteiger partial charge in [-0.2, -0.15) is 0 Å². The topological polar surface area (TPSA) is 125 Å². The summed E-state index contributed by atoms with van der Waals surface area (Å²) in [6, 6.07) is 12.8. The maximum absolute atomic E-state index is 12.6. The highest BCUT2D eigenvalue weighted by Crippen LogP contribution is 2.22. The fourth-order valence-electron chi connectivity index (χ4n) is 2.72. The molecular weight excluding hydrogens is 390 g/mol. The molecule has 0 aromatic heterocycles. The van der Waals surface area contributed by atoms with Gasteiger partial charge in [-0.05, 0) is 31.2 Å². The molecule has 30 heavy (non-hydrogen) atoms. The lowest BCUT2D eigenvalue weighted by atomic mass is 10.1. The molecule has 0 aliphatic carbocycles. The normalized spacial score (nSPS) is 14.6. The number of carboxylic acids is 1. The molecule has 0 radical (unpaired) electrons. The molecule has 4 amide bonds. The number of benzene rings is 2. The van der Waals surface area contributed by atoms with Gasteiger partial charge in [-0.3, -0.25) is 9.59 Å². The number of carboxylic acid groups (broad SMARTS) is 1. The van der Waals surface area contributed by atoms with Crippen molar-refractivity contribution < 1.29 is 29.0 Å². The molecule has 2 aromatic carbocycles.